The zero-order valence-electron chi connectivity index (χ0n) is 13.5. The van der Waals surface area contributed by atoms with E-state index in [1.807, 2.05) is 0 Å². The summed E-state index contributed by atoms with van der Waals surface area (Å²) in [5.74, 6) is -0.336. The molecule has 0 atom stereocenters. The summed E-state index contributed by atoms with van der Waals surface area (Å²) in [6.45, 7) is 0.124. The predicted molar refractivity (Wildman–Crippen MR) is 96.9 cm³/mol. The summed E-state index contributed by atoms with van der Waals surface area (Å²) < 4.78 is 25.9. The Labute approximate surface area is 154 Å². The van der Waals surface area contributed by atoms with Crippen LogP contribution in [0.1, 0.15) is 25.7 Å². The quantitative estimate of drug-likeness (QED) is 0.767. The third kappa shape index (κ3) is 4.83. The first-order chi connectivity index (χ1) is 10.8. The molecule has 1 fully saturated rings. The van der Waals surface area contributed by atoms with Crippen molar-refractivity contribution in [1.82, 2.24) is 9.62 Å². The number of rotatable bonds is 6. The lowest BCUT2D eigenvalue weighted by Crippen LogP contribution is -2.54. The molecule has 1 aliphatic rings. The van der Waals surface area contributed by atoms with Gasteiger partial charge in [0.2, 0.25) is 15.9 Å². The molecule has 0 unspecified atom stereocenters. The van der Waals surface area contributed by atoms with Crippen molar-refractivity contribution >= 4 is 39.9 Å². The fraction of sp³-hybridized carbons (Fsp3) is 0.533. The van der Waals surface area contributed by atoms with Crippen LogP contribution in [0.5, 0.6) is 0 Å². The average molecular weight is 396 g/mol. The van der Waals surface area contributed by atoms with E-state index in [0.717, 1.165) is 30.0 Å². The number of hydrogen-bond donors (Lipinski definition) is 2. The molecule has 0 radical (unpaired) electrons. The average Bonchev–Trinajstić information content (AvgIpc) is 2.96. The second-order valence-electron chi connectivity index (χ2n) is 5.95. The molecule has 0 aliphatic heterocycles. The molecule has 2 rings (SSSR count). The van der Waals surface area contributed by atoms with Gasteiger partial charge in [0.05, 0.1) is 17.0 Å². The Balaban J connectivity index is 0.00000288. The van der Waals surface area contributed by atoms with Gasteiger partial charge in [-0.3, -0.25) is 4.79 Å². The first-order valence-electron chi connectivity index (χ1n) is 7.52. The van der Waals surface area contributed by atoms with Gasteiger partial charge in [-0.1, -0.05) is 24.4 Å². The molecule has 0 saturated heterocycles. The SMILES string of the molecule is CN(CC(=O)NC1(CN)CCCC1)S(=O)(=O)c1ccc(Cl)cc1.Cl. The molecule has 1 amide bonds. The maximum absolute atomic E-state index is 12.4. The van der Waals surface area contributed by atoms with Crippen LogP contribution in [0.2, 0.25) is 5.02 Å². The standard InChI is InChI=1S/C15H22ClN3O3S.ClH/c1-19(23(21,22)13-6-4-12(16)5-7-13)10-14(20)18-15(11-17)8-2-3-9-15;/h4-7H,2-3,8-11,17H2,1H3,(H,18,20);1H. The molecule has 0 bridgehead atoms. The van der Waals surface area contributed by atoms with Gasteiger partial charge in [-0.05, 0) is 37.1 Å². The van der Waals surface area contributed by atoms with Crippen molar-refractivity contribution in [3.63, 3.8) is 0 Å². The number of carbonyl (C=O) groups excluding carboxylic acids is 1. The number of nitrogens with zero attached hydrogens (tertiary/aromatic N) is 1. The van der Waals surface area contributed by atoms with Crippen LogP contribution in [0.4, 0.5) is 0 Å². The Morgan fingerprint density at radius 3 is 2.33 bits per heavy atom. The van der Waals surface area contributed by atoms with E-state index in [4.69, 9.17) is 17.3 Å². The largest absolute Gasteiger partial charge is 0.348 e. The fourth-order valence-corrected chi connectivity index (χ4v) is 4.09. The van der Waals surface area contributed by atoms with Gasteiger partial charge in [0.1, 0.15) is 0 Å². The maximum atomic E-state index is 12.4. The molecule has 24 heavy (non-hydrogen) atoms. The first kappa shape index (κ1) is 21.2. The monoisotopic (exact) mass is 395 g/mol. The van der Waals surface area contributed by atoms with Crippen LogP contribution in [0.15, 0.2) is 29.2 Å². The van der Waals surface area contributed by atoms with Crippen molar-refractivity contribution in [3.8, 4) is 0 Å². The van der Waals surface area contributed by atoms with Gasteiger partial charge < -0.3 is 11.1 Å². The lowest BCUT2D eigenvalue weighted by Gasteiger charge is -2.29. The van der Waals surface area contributed by atoms with Gasteiger partial charge in [-0.15, -0.1) is 12.4 Å². The summed E-state index contributed by atoms with van der Waals surface area (Å²) in [6.07, 6.45) is 3.72. The highest BCUT2D eigenvalue weighted by Crippen LogP contribution is 2.28. The van der Waals surface area contributed by atoms with Crippen molar-refractivity contribution in [3.05, 3.63) is 29.3 Å². The van der Waals surface area contributed by atoms with Crippen LogP contribution in [0.3, 0.4) is 0 Å². The molecule has 6 nitrogen and oxygen atoms in total. The van der Waals surface area contributed by atoms with Crippen molar-refractivity contribution < 1.29 is 13.2 Å². The normalized spacial score (nSPS) is 16.7. The van der Waals surface area contributed by atoms with Crippen LogP contribution in [0.25, 0.3) is 0 Å². The van der Waals surface area contributed by atoms with E-state index in [1.54, 1.807) is 0 Å². The van der Waals surface area contributed by atoms with E-state index in [-0.39, 0.29) is 35.3 Å². The van der Waals surface area contributed by atoms with Gasteiger partial charge in [-0.25, -0.2) is 8.42 Å². The molecule has 3 N–H and O–H groups in total. The minimum atomic E-state index is -3.73. The molecule has 136 valence electrons. The molecule has 0 heterocycles. The Morgan fingerprint density at radius 1 is 1.29 bits per heavy atom. The summed E-state index contributed by atoms with van der Waals surface area (Å²) >= 11 is 5.77. The second kappa shape index (κ2) is 8.49. The molecule has 0 spiro atoms. The van der Waals surface area contributed by atoms with Crippen molar-refractivity contribution in [2.24, 2.45) is 5.73 Å². The van der Waals surface area contributed by atoms with E-state index in [0.29, 0.717) is 11.6 Å². The lowest BCUT2D eigenvalue weighted by atomic mass is 9.98. The highest BCUT2D eigenvalue weighted by molar-refractivity contribution is 7.89. The summed E-state index contributed by atoms with van der Waals surface area (Å²) in [4.78, 5) is 12.3. The van der Waals surface area contributed by atoms with E-state index < -0.39 is 10.0 Å². The van der Waals surface area contributed by atoms with Crippen LogP contribution in [-0.4, -0.2) is 44.3 Å². The van der Waals surface area contributed by atoms with Gasteiger partial charge in [-0.2, -0.15) is 4.31 Å². The number of halogens is 2. The number of sulfonamides is 1. The van der Waals surface area contributed by atoms with Crippen LogP contribution in [-0.2, 0) is 14.8 Å². The summed E-state index contributed by atoms with van der Waals surface area (Å²) in [6, 6.07) is 5.85. The number of nitrogens with two attached hydrogens (primary N) is 1. The Kier molecular flexibility index (Phi) is 7.49. The second-order valence-corrected chi connectivity index (χ2v) is 8.44. The maximum Gasteiger partial charge on any atom is 0.243 e. The van der Waals surface area contributed by atoms with Crippen LogP contribution in [0, 0.1) is 0 Å². The van der Waals surface area contributed by atoms with Crippen molar-refractivity contribution in [2.75, 3.05) is 20.1 Å². The Bertz CT molecular complexity index is 659. The smallest absolute Gasteiger partial charge is 0.243 e. The summed E-state index contributed by atoms with van der Waals surface area (Å²) in [7, 11) is -2.35. The van der Waals surface area contributed by atoms with Crippen LogP contribution >= 0.6 is 24.0 Å². The van der Waals surface area contributed by atoms with E-state index in [2.05, 4.69) is 5.32 Å². The highest BCUT2D eigenvalue weighted by Gasteiger charge is 2.34. The van der Waals surface area contributed by atoms with Gasteiger partial charge in [0, 0.05) is 18.6 Å². The molecular formula is C15H23Cl2N3O3S. The van der Waals surface area contributed by atoms with Crippen LogP contribution < -0.4 is 11.1 Å². The van der Waals surface area contributed by atoms with Crippen molar-refractivity contribution in [2.45, 2.75) is 36.1 Å². The third-order valence-electron chi connectivity index (χ3n) is 4.24. The van der Waals surface area contributed by atoms with Gasteiger partial charge >= 0.3 is 0 Å². The number of likely N-dealkylation sites (N-methyl/N-ethyl adjacent to an activating group) is 1. The lowest BCUT2D eigenvalue weighted by molar-refractivity contribution is -0.122. The molecule has 0 aromatic heterocycles. The number of nitrogens with one attached hydrogen (secondary N) is 1. The molecule has 1 aromatic carbocycles. The van der Waals surface area contributed by atoms with Crippen molar-refractivity contribution in [1.29, 1.82) is 0 Å². The fourth-order valence-electron chi connectivity index (χ4n) is 2.84. The highest BCUT2D eigenvalue weighted by atomic mass is 35.5. The number of benzene rings is 1. The molecular weight excluding hydrogens is 373 g/mol. The van der Waals surface area contributed by atoms with Gasteiger partial charge in [0.15, 0.2) is 0 Å². The summed E-state index contributed by atoms with van der Waals surface area (Å²) in [5, 5.41) is 3.37. The molecule has 1 aromatic rings. The summed E-state index contributed by atoms with van der Waals surface area (Å²) in [5.41, 5.74) is 5.39. The minimum absolute atomic E-state index is 0. The first-order valence-corrected chi connectivity index (χ1v) is 9.34. The zero-order valence-corrected chi connectivity index (χ0v) is 15.9. The topological polar surface area (TPSA) is 92.5 Å². The number of hydrogen-bond acceptors (Lipinski definition) is 4. The van der Waals surface area contributed by atoms with E-state index >= 15 is 0 Å². The number of carbonyl (C=O) groups is 1. The predicted octanol–water partition coefficient (Wildman–Crippen LogP) is 1.77. The molecule has 1 aliphatic carbocycles. The molecule has 1 saturated carbocycles. The molecule has 9 heteroatoms. The Hall–Kier alpha value is -0.860. The Morgan fingerprint density at radius 2 is 1.83 bits per heavy atom. The van der Waals surface area contributed by atoms with Gasteiger partial charge in [0.25, 0.3) is 0 Å². The van der Waals surface area contributed by atoms with E-state index in [9.17, 15) is 13.2 Å². The minimum Gasteiger partial charge on any atom is -0.348 e. The third-order valence-corrected chi connectivity index (χ3v) is 6.31. The van der Waals surface area contributed by atoms with E-state index in [1.165, 1.54) is 31.3 Å². The number of amides is 1. The zero-order chi connectivity index (χ0) is 17.1.